The molecule has 140 valence electrons. The van der Waals surface area contributed by atoms with E-state index in [-0.39, 0.29) is 10.8 Å². The lowest BCUT2D eigenvalue weighted by molar-refractivity contribution is -0.137. The molecule has 2 aromatic carbocycles. The van der Waals surface area contributed by atoms with Gasteiger partial charge in [-0.1, -0.05) is 6.07 Å². The van der Waals surface area contributed by atoms with Gasteiger partial charge in [0.2, 0.25) is 0 Å². The second-order valence-corrected chi connectivity index (χ2v) is 8.98. The highest BCUT2D eigenvalue weighted by atomic mass is 35.7. The van der Waals surface area contributed by atoms with Crippen molar-refractivity contribution in [2.75, 3.05) is 0 Å². The molecule has 4 rings (SSSR count). The van der Waals surface area contributed by atoms with Gasteiger partial charge in [-0.2, -0.15) is 13.2 Å². The molecule has 0 bridgehead atoms. The Hall–Kier alpha value is -2.19. The third-order valence-electron chi connectivity index (χ3n) is 4.54. The highest BCUT2D eigenvalue weighted by Gasteiger charge is 2.34. The average Bonchev–Trinajstić information content (AvgIpc) is 3.43. The molecule has 1 saturated carbocycles. The van der Waals surface area contributed by atoms with E-state index < -0.39 is 20.8 Å². The number of aromatic nitrogens is 2. The lowest BCUT2D eigenvalue weighted by Gasteiger charge is -2.14. The van der Waals surface area contributed by atoms with E-state index in [2.05, 4.69) is 9.97 Å². The van der Waals surface area contributed by atoms with Crippen molar-refractivity contribution in [2.24, 2.45) is 0 Å². The molecule has 1 aromatic heterocycles. The number of benzene rings is 2. The average molecular weight is 413 g/mol. The molecule has 0 atom stereocenters. The van der Waals surface area contributed by atoms with Crippen LogP contribution in [-0.4, -0.2) is 18.4 Å². The first-order valence-electron chi connectivity index (χ1n) is 8.05. The maximum Gasteiger partial charge on any atom is 0.416 e. The summed E-state index contributed by atoms with van der Waals surface area (Å²) in [5, 5.41) is 0.545. The second-order valence-electron chi connectivity index (χ2n) is 6.41. The summed E-state index contributed by atoms with van der Waals surface area (Å²) in [5.74, 6) is 0.0646. The predicted molar refractivity (Wildman–Crippen MR) is 95.0 cm³/mol. The summed E-state index contributed by atoms with van der Waals surface area (Å²) >= 11 is 0. The molecule has 0 radical (unpaired) electrons. The number of hydrogen-bond donors (Lipinski definition) is 0. The Kier molecular flexibility index (Phi) is 4.16. The molecule has 3 aromatic rings. The molecule has 1 aliphatic rings. The van der Waals surface area contributed by atoms with Crippen molar-refractivity contribution < 1.29 is 21.6 Å². The van der Waals surface area contributed by atoms with Gasteiger partial charge < -0.3 is 0 Å². The quantitative estimate of drug-likeness (QED) is 0.560. The summed E-state index contributed by atoms with van der Waals surface area (Å²) in [4.78, 5) is 8.23. The molecule has 0 aliphatic heterocycles. The number of alkyl halides is 3. The summed E-state index contributed by atoms with van der Waals surface area (Å²) in [7, 11) is 1.45. The third-order valence-corrected chi connectivity index (χ3v) is 5.89. The van der Waals surface area contributed by atoms with Crippen LogP contribution in [0.25, 0.3) is 22.2 Å². The van der Waals surface area contributed by atoms with Gasteiger partial charge in [0, 0.05) is 21.6 Å². The SMILES string of the molecule is O=S(=O)(Cl)c1ccc2c(-c3ccc(C(F)(F)F)cc3C3CC3)ncnc2c1. The zero-order chi connectivity index (χ0) is 19.4. The number of halogens is 4. The van der Waals surface area contributed by atoms with Crippen LogP contribution in [0.2, 0.25) is 0 Å². The fourth-order valence-electron chi connectivity index (χ4n) is 3.09. The van der Waals surface area contributed by atoms with Gasteiger partial charge >= 0.3 is 6.18 Å². The van der Waals surface area contributed by atoms with Gasteiger partial charge in [-0.3, -0.25) is 0 Å². The van der Waals surface area contributed by atoms with E-state index in [0.29, 0.717) is 27.7 Å². The summed E-state index contributed by atoms with van der Waals surface area (Å²) < 4.78 is 62.4. The van der Waals surface area contributed by atoms with Crippen LogP contribution >= 0.6 is 10.7 Å². The molecule has 0 N–H and O–H groups in total. The van der Waals surface area contributed by atoms with Crippen LogP contribution in [0.5, 0.6) is 0 Å². The van der Waals surface area contributed by atoms with Crippen molar-refractivity contribution in [3.05, 3.63) is 53.9 Å². The molecule has 1 fully saturated rings. The van der Waals surface area contributed by atoms with E-state index in [1.54, 1.807) is 0 Å². The van der Waals surface area contributed by atoms with E-state index in [4.69, 9.17) is 10.7 Å². The normalized spacial score (nSPS) is 15.3. The molecular formula is C18H12ClF3N2O2S. The zero-order valence-electron chi connectivity index (χ0n) is 13.7. The number of rotatable bonds is 3. The number of nitrogens with zero attached hydrogens (tertiary/aromatic N) is 2. The Morgan fingerprint density at radius 1 is 1.04 bits per heavy atom. The van der Waals surface area contributed by atoms with Gasteiger partial charge in [-0.05, 0) is 54.7 Å². The minimum Gasteiger partial charge on any atom is -0.236 e. The van der Waals surface area contributed by atoms with Gasteiger partial charge in [0.05, 0.1) is 21.7 Å². The molecule has 1 aliphatic carbocycles. The Labute approximate surface area is 157 Å². The Bertz CT molecular complexity index is 1160. The first-order valence-corrected chi connectivity index (χ1v) is 10.4. The minimum atomic E-state index is -4.42. The lowest BCUT2D eigenvalue weighted by atomic mass is 9.95. The maximum atomic E-state index is 13.1. The van der Waals surface area contributed by atoms with Gasteiger partial charge in [0.1, 0.15) is 6.33 Å². The van der Waals surface area contributed by atoms with Crippen LogP contribution in [0.3, 0.4) is 0 Å². The summed E-state index contributed by atoms with van der Waals surface area (Å²) in [6.45, 7) is 0. The van der Waals surface area contributed by atoms with Crippen LogP contribution in [-0.2, 0) is 15.2 Å². The highest BCUT2D eigenvalue weighted by molar-refractivity contribution is 8.13. The molecule has 0 unspecified atom stereocenters. The van der Waals surface area contributed by atoms with Crippen LogP contribution in [0.4, 0.5) is 13.2 Å². The molecule has 0 amide bonds. The highest BCUT2D eigenvalue weighted by Crippen LogP contribution is 2.46. The summed E-state index contributed by atoms with van der Waals surface area (Å²) in [6.07, 6.45) is -1.51. The van der Waals surface area contributed by atoms with Crippen molar-refractivity contribution in [3.8, 4) is 11.3 Å². The number of hydrogen-bond acceptors (Lipinski definition) is 4. The summed E-state index contributed by atoms with van der Waals surface area (Å²) in [6, 6.07) is 7.81. The van der Waals surface area contributed by atoms with E-state index in [0.717, 1.165) is 18.9 Å². The van der Waals surface area contributed by atoms with E-state index >= 15 is 0 Å². The third kappa shape index (κ3) is 3.51. The van der Waals surface area contributed by atoms with Crippen molar-refractivity contribution in [3.63, 3.8) is 0 Å². The molecule has 1 heterocycles. The van der Waals surface area contributed by atoms with E-state index in [9.17, 15) is 21.6 Å². The van der Waals surface area contributed by atoms with Crippen molar-refractivity contribution in [2.45, 2.75) is 29.8 Å². The lowest BCUT2D eigenvalue weighted by Crippen LogP contribution is -2.06. The molecule has 9 heteroatoms. The predicted octanol–water partition coefficient (Wildman–Crippen LogP) is 5.12. The van der Waals surface area contributed by atoms with Crippen molar-refractivity contribution >= 4 is 30.6 Å². The second kappa shape index (κ2) is 6.17. The smallest absolute Gasteiger partial charge is 0.236 e. The number of fused-ring (bicyclic) bond motifs is 1. The largest absolute Gasteiger partial charge is 0.416 e. The summed E-state index contributed by atoms with van der Waals surface area (Å²) in [5.41, 5.74) is 1.32. The van der Waals surface area contributed by atoms with Crippen LogP contribution < -0.4 is 0 Å². The monoisotopic (exact) mass is 412 g/mol. The Morgan fingerprint density at radius 3 is 2.41 bits per heavy atom. The van der Waals surface area contributed by atoms with Crippen LogP contribution in [0.15, 0.2) is 47.6 Å². The first kappa shape index (κ1) is 18.2. The van der Waals surface area contributed by atoms with Crippen LogP contribution in [0, 0.1) is 0 Å². The van der Waals surface area contributed by atoms with Crippen LogP contribution in [0.1, 0.15) is 29.9 Å². The van der Waals surface area contributed by atoms with Gasteiger partial charge in [0.15, 0.2) is 0 Å². The molecule has 0 spiro atoms. The fraction of sp³-hybridized carbons (Fsp3) is 0.222. The standard InChI is InChI=1S/C18H12ClF3N2O2S/c19-27(25,26)12-4-6-14-16(8-12)23-9-24-17(14)13-5-3-11(18(20,21)22)7-15(13)10-1-2-10/h3-10H,1-2H2. The van der Waals surface area contributed by atoms with Gasteiger partial charge in [0.25, 0.3) is 9.05 Å². The van der Waals surface area contributed by atoms with Crippen molar-refractivity contribution in [1.29, 1.82) is 0 Å². The first-order chi connectivity index (χ1) is 12.6. The van der Waals surface area contributed by atoms with Crippen molar-refractivity contribution in [1.82, 2.24) is 9.97 Å². The topological polar surface area (TPSA) is 59.9 Å². The Balaban J connectivity index is 1.92. The zero-order valence-corrected chi connectivity index (χ0v) is 15.2. The minimum absolute atomic E-state index is 0.0646. The molecule has 4 nitrogen and oxygen atoms in total. The maximum absolute atomic E-state index is 13.1. The molecular weight excluding hydrogens is 401 g/mol. The van der Waals surface area contributed by atoms with E-state index in [1.165, 1.54) is 36.7 Å². The van der Waals surface area contributed by atoms with E-state index in [1.807, 2.05) is 0 Å². The van der Waals surface area contributed by atoms with Gasteiger partial charge in [-0.25, -0.2) is 18.4 Å². The molecule has 27 heavy (non-hydrogen) atoms. The Morgan fingerprint density at radius 2 is 1.78 bits per heavy atom. The van der Waals surface area contributed by atoms with Gasteiger partial charge in [-0.15, -0.1) is 0 Å². The fourth-order valence-corrected chi connectivity index (χ4v) is 3.86. The molecule has 0 saturated heterocycles.